The van der Waals surface area contributed by atoms with Crippen molar-refractivity contribution in [2.75, 3.05) is 0 Å². The van der Waals surface area contributed by atoms with Gasteiger partial charge in [0.05, 0.1) is 6.54 Å². The predicted octanol–water partition coefficient (Wildman–Crippen LogP) is 5.20. The topological polar surface area (TPSA) is 39.9 Å². The van der Waals surface area contributed by atoms with E-state index in [2.05, 4.69) is 54.1 Å². The first-order valence-electron chi connectivity index (χ1n) is 9.75. The lowest BCUT2D eigenvalue weighted by atomic mass is 10.1. The van der Waals surface area contributed by atoms with Crippen molar-refractivity contribution in [2.45, 2.75) is 46.8 Å². The van der Waals surface area contributed by atoms with Gasteiger partial charge in [0.15, 0.2) is 5.65 Å². The molecule has 1 aliphatic rings. The van der Waals surface area contributed by atoms with Gasteiger partial charge in [-0.2, -0.15) is 0 Å². The predicted molar refractivity (Wildman–Crippen MR) is 113 cm³/mol. The normalized spacial score (nSPS) is 13.1. The van der Waals surface area contributed by atoms with Crippen LogP contribution in [0.2, 0.25) is 0 Å². The number of pyridine rings is 1. The van der Waals surface area contributed by atoms with Crippen LogP contribution in [0.3, 0.4) is 0 Å². The molecule has 0 saturated carbocycles. The van der Waals surface area contributed by atoms with Gasteiger partial charge in [-0.05, 0) is 54.1 Å². The number of rotatable bonds is 3. The Balaban J connectivity index is 1.53. The lowest BCUT2D eigenvalue weighted by molar-refractivity contribution is 0.307. The van der Waals surface area contributed by atoms with Crippen LogP contribution in [-0.2, 0) is 26.0 Å². The Morgan fingerprint density at radius 3 is 2.86 bits per heavy atom. The van der Waals surface area contributed by atoms with E-state index >= 15 is 0 Å². The average Bonchev–Trinajstić information content (AvgIpc) is 3.22. The second-order valence-corrected chi connectivity index (χ2v) is 8.50. The summed E-state index contributed by atoms with van der Waals surface area (Å²) in [5.41, 5.74) is 8.01. The molecule has 5 rings (SSSR count). The van der Waals surface area contributed by atoms with E-state index in [4.69, 9.17) is 14.7 Å². The molecule has 1 aliphatic heterocycles. The summed E-state index contributed by atoms with van der Waals surface area (Å²) in [5, 5.41) is 2.15. The van der Waals surface area contributed by atoms with Crippen molar-refractivity contribution in [3.05, 3.63) is 74.4 Å². The fourth-order valence-electron chi connectivity index (χ4n) is 4.02. The summed E-state index contributed by atoms with van der Waals surface area (Å²) < 4.78 is 8.40. The molecule has 0 N–H and O–H groups in total. The first-order valence-corrected chi connectivity index (χ1v) is 10.6. The number of ether oxygens (including phenoxy) is 1. The standard InChI is InChI=1S/C23H23N3OS/c1-4-21-25-22-14(2)9-15(3)24-23(22)26(21)12-16-5-6-17-11-20-18(7-8-28-20)13-27-19(17)10-16/h5-10H,4,11-13H2,1-3H3. The molecule has 0 atom stereocenters. The fourth-order valence-corrected chi connectivity index (χ4v) is 4.94. The van der Waals surface area contributed by atoms with E-state index in [0.29, 0.717) is 6.61 Å². The molecular weight excluding hydrogens is 366 g/mol. The van der Waals surface area contributed by atoms with Gasteiger partial charge >= 0.3 is 0 Å². The Morgan fingerprint density at radius 2 is 2.00 bits per heavy atom. The number of benzene rings is 1. The Labute approximate surface area is 168 Å². The molecule has 0 fully saturated rings. The second-order valence-electron chi connectivity index (χ2n) is 7.50. The van der Waals surface area contributed by atoms with Crippen molar-refractivity contribution < 1.29 is 4.74 Å². The number of aryl methyl sites for hydroxylation is 3. The minimum atomic E-state index is 0.656. The maximum atomic E-state index is 6.14. The van der Waals surface area contributed by atoms with Crippen molar-refractivity contribution in [2.24, 2.45) is 0 Å². The van der Waals surface area contributed by atoms with Gasteiger partial charge in [0.25, 0.3) is 0 Å². The summed E-state index contributed by atoms with van der Waals surface area (Å²) in [6.45, 7) is 7.73. The van der Waals surface area contributed by atoms with E-state index in [-0.39, 0.29) is 0 Å². The van der Waals surface area contributed by atoms with Gasteiger partial charge in [-0.3, -0.25) is 0 Å². The molecule has 0 bridgehead atoms. The molecule has 4 nitrogen and oxygen atoms in total. The summed E-state index contributed by atoms with van der Waals surface area (Å²) in [4.78, 5) is 11.1. The first-order chi connectivity index (χ1) is 13.6. The van der Waals surface area contributed by atoms with Crippen LogP contribution in [0, 0.1) is 13.8 Å². The van der Waals surface area contributed by atoms with E-state index in [0.717, 1.165) is 47.8 Å². The van der Waals surface area contributed by atoms with Crippen LogP contribution in [0.15, 0.2) is 35.7 Å². The number of fused-ring (bicyclic) bond motifs is 3. The zero-order valence-corrected chi connectivity index (χ0v) is 17.3. The number of aromatic nitrogens is 3. The van der Waals surface area contributed by atoms with Crippen LogP contribution < -0.4 is 4.74 Å². The van der Waals surface area contributed by atoms with Gasteiger partial charge in [-0.15, -0.1) is 11.3 Å². The number of imidazole rings is 1. The first kappa shape index (κ1) is 17.4. The molecule has 0 amide bonds. The molecule has 3 aromatic heterocycles. The molecule has 28 heavy (non-hydrogen) atoms. The van der Waals surface area contributed by atoms with Crippen LogP contribution in [0.25, 0.3) is 11.2 Å². The average molecular weight is 390 g/mol. The zero-order chi connectivity index (χ0) is 19.3. The maximum absolute atomic E-state index is 6.14. The number of hydrogen-bond donors (Lipinski definition) is 0. The summed E-state index contributed by atoms with van der Waals surface area (Å²) in [5.74, 6) is 2.08. The van der Waals surface area contributed by atoms with Crippen LogP contribution in [0.5, 0.6) is 5.75 Å². The number of nitrogens with zero attached hydrogens (tertiary/aromatic N) is 3. The molecule has 0 saturated heterocycles. The molecule has 4 aromatic rings. The summed E-state index contributed by atoms with van der Waals surface area (Å²) in [7, 11) is 0. The minimum absolute atomic E-state index is 0.656. The highest BCUT2D eigenvalue weighted by molar-refractivity contribution is 7.10. The Bertz CT molecular complexity index is 1190. The lowest BCUT2D eigenvalue weighted by Crippen LogP contribution is -2.06. The third-order valence-electron chi connectivity index (χ3n) is 5.46. The maximum Gasteiger partial charge on any atom is 0.160 e. The van der Waals surface area contributed by atoms with E-state index in [1.807, 2.05) is 18.3 Å². The smallest absolute Gasteiger partial charge is 0.160 e. The van der Waals surface area contributed by atoms with Gasteiger partial charge < -0.3 is 9.30 Å². The van der Waals surface area contributed by atoms with E-state index in [1.165, 1.54) is 27.1 Å². The molecule has 4 heterocycles. The van der Waals surface area contributed by atoms with Crippen LogP contribution in [0.4, 0.5) is 0 Å². The lowest BCUT2D eigenvalue weighted by Gasteiger charge is -2.12. The molecule has 142 valence electrons. The Hall–Kier alpha value is -2.66. The van der Waals surface area contributed by atoms with Crippen molar-refractivity contribution >= 4 is 22.5 Å². The summed E-state index contributed by atoms with van der Waals surface area (Å²) in [6.07, 6.45) is 1.84. The van der Waals surface area contributed by atoms with Crippen molar-refractivity contribution in [3.8, 4) is 5.75 Å². The van der Waals surface area contributed by atoms with Crippen LogP contribution in [0.1, 0.15) is 45.6 Å². The highest BCUT2D eigenvalue weighted by Gasteiger charge is 2.17. The molecule has 1 aromatic carbocycles. The second kappa shape index (κ2) is 6.74. The molecule has 5 heteroatoms. The van der Waals surface area contributed by atoms with Crippen LogP contribution >= 0.6 is 11.3 Å². The van der Waals surface area contributed by atoms with Gasteiger partial charge in [0.1, 0.15) is 23.7 Å². The van der Waals surface area contributed by atoms with Gasteiger partial charge in [-0.1, -0.05) is 19.1 Å². The van der Waals surface area contributed by atoms with Crippen LogP contribution in [-0.4, -0.2) is 14.5 Å². The van der Waals surface area contributed by atoms with Crippen molar-refractivity contribution in [1.29, 1.82) is 0 Å². The van der Waals surface area contributed by atoms with Crippen molar-refractivity contribution in [3.63, 3.8) is 0 Å². The molecule has 0 unspecified atom stereocenters. The summed E-state index contributed by atoms with van der Waals surface area (Å²) in [6, 6.07) is 10.9. The molecule has 0 aliphatic carbocycles. The molecule has 0 radical (unpaired) electrons. The quantitative estimate of drug-likeness (QED) is 0.483. The number of thiophene rings is 1. The van der Waals surface area contributed by atoms with Gasteiger partial charge in [0.2, 0.25) is 0 Å². The third kappa shape index (κ3) is 2.90. The third-order valence-corrected chi connectivity index (χ3v) is 6.42. The largest absolute Gasteiger partial charge is 0.489 e. The SMILES string of the molecule is CCc1nc2c(C)cc(C)nc2n1Cc1ccc2c(c1)OCc1ccsc1C2. The van der Waals surface area contributed by atoms with E-state index in [9.17, 15) is 0 Å². The monoisotopic (exact) mass is 389 g/mol. The minimum Gasteiger partial charge on any atom is -0.489 e. The Kier molecular flexibility index (Phi) is 4.20. The number of hydrogen-bond acceptors (Lipinski definition) is 4. The Morgan fingerprint density at radius 1 is 1.11 bits per heavy atom. The molecule has 0 spiro atoms. The summed E-state index contributed by atoms with van der Waals surface area (Å²) >= 11 is 1.82. The highest BCUT2D eigenvalue weighted by atomic mass is 32.1. The van der Waals surface area contributed by atoms with E-state index < -0.39 is 0 Å². The van der Waals surface area contributed by atoms with Crippen molar-refractivity contribution in [1.82, 2.24) is 14.5 Å². The zero-order valence-electron chi connectivity index (χ0n) is 16.5. The van der Waals surface area contributed by atoms with Gasteiger partial charge in [0, 0.05) is 29.0 Å². The fraction of sp³-hybridized carbons (Fsp3) is 0.304. The van der Waals surface area contributed by atoms with E-state index in [1.54, 1.807) is 0 Å². The van der Waals surface area contributed by atoms with Gasteiger partial charge in [-0.25, -0.2) is 9.97 Å². The highest BCUT2D eigenvalue weighted by Crippen LogP contribution is 2.32. The molecular formula is C23H23N3OS.